The Labute approximate surface area is 120 Å². The molecule has 19 heavy (non-hydrogen) atoms. The average Bonchev–Trinajstić information content (AvgIpc) is 2.42. The maximum Gasteiger partial charge on any atom is 0.240 e. The second-order valence-corrected chi connectivity index (χ2v) is 5.33. The molecule has 0 spiro atoms. The van der Waals surface area contributed by atoms with Gasteiger partial charge >= 0.3 is 0 Å². The van der Waals surface area contributed by atoms with Crippen LogP contribution in [0.4, 0.5) is 0 Å². The van der Waals surface area contributed by atoms with E-state index in [9.17, 15) is 4.79 Å². The van der Waals surface area contributed by atoms with Crippen LogP contribution in [0, 0.1) is 5.92 Å². The number of nitrogens with zero attached hydrogens (tertiary/aromatic N) is 1. The number of likely N-dealkylation sites (N-methyl/N-ethyl adjacent to an activating group) is 1. The van der Waals surface area contributed by atoms with Crippen LogP contribution in [0.1, 0.15) is 32.8 Å². The van der Waals surface area contributed by atoms with E-state index < -0.39 is 6.04 Å². The molecular weight excluding hydrogens is 260 g/mol. The summed E-state index contributed by atoms with van der Waals surface area (Å²) in [5, 5.41) is 0.687. The summed E-state index contributed by atoms with van der Waals surface area (Å²) in [6.45, 7) is 7.22. The first-order chi connectivity index (χ1) is 8.99. The van der Waals surface area contributed by atoms with Crippen molar-refractivity contribution in [2.75, 3.05) is 6.54 Å². The van der Waals surface area contributed by atoms with E-state index in [4.69, 9.17) is 17.3 Å². The SMILES string of the molecule is CC[C@H](C)[C@H](N)C(=O)N(CC)Cc1cccc(Cl)c1. The number of rotatable bonds is 6. The second-order valence-electron chi connectivity index (χ2n) is 4.89. The summed E-state index contributed by atoms with van der Waals surface area (Å²) in [7, 11) is 0. The number of hydrogen-bond donors (Lipinski definition) is 1. The van der Waals surface area contributed by atoms with E-state index >= 15 is 0 Å². The third kappa shape index (κ3) is 4.51. The van der Waals surface area contributed by atoms with Crippen LogP contribution in [0.2, 0.25) is 5.02 Å². The molecule has 1 rings (SSSR count). The van der Waals surface area contributed by atoms with Gasteiger partial charge in [0.25, 0.3) is 0 Å². The van der Waals surface area contributed by atoms with Gasteiger partial charge in [-0.3, -0.25) is 4.79 Å². The molecule has 3 nitrogen and oxygen atoms in total. The van der Waals surface area contributed by atoms with Crippen LogP contribution >= 0.6 is 11.6 Å². The smallest absolute Gasteiger partial charge is 0.240 e. The van der Waals surface area contributed by atoms with Crippen molar-refractivity contribution < 1.29 is 4.79 Å². The molecule has 1 aromatic carbocycles. The lowest BCUT2D eigenvalue weighted by atomic mass is 9.98. The summed E-state index contributed by atoms with van der Waals surface area (Å²) in [5.41, 5.74) is 7.04. The van der Waals surface area contributed by atoms with Gasteiger partial charge in [-0.1, -0.05) is 44.0 Å². The Morgan fingerprint density at radius 3 is 2.63 bits per heavy atom. The van der Waals surface area contributed by atoms with Gasteiger partial charge < -0.3 is 10.6 Å². The predicted molar refractivity (Wildman–Crippen MR) is 80.0 cm³/mol. The van der Waals surface area contributed by atoms with Gasteiger partial charge in [-0.25, -0.2) is 0 Å². The molecule has 0 saturated carbocycles. The summed E-state index contributed by atoms with van der Waals surface area (Å²) in [6.07, 6.45) is 0.904. The molecule has 0 aliphatic heterocycles. The number of hydrogen-bond acceptors (Lipinski definition) is 2. The molecule has 0 unspecified atom stereocenters. The Hall–Kier alpha value is -1.06. The van der Waals surface area contributed by atoms with Crippen molar-refractivity contribution in [3.63, 3.8) is 0 Å². The highest BCUT2D eigenvalue weighted by atomic mass is 35.5. The van der Waals surface area contributed by atoms with Crippen LogP contribution < -0.4 is 5.73 Å². The van der Waals surface area contributed by atoms with Crippen LogP contribution in [0.3, 0.4) is 0 Å². The number of carbonyl (C=O) groups is 1. The quantitative estimate of drug-likeness (QED) is 0.872. The first-order valence-corrected chi connectivity index (χ1v) is 7.16. The number of amides is 1. The van der Waals surface area contributed by atoms with E-state index in [-0.39, 0.29) is 11.8 Å². The molecule has 0 aliphatic rings. The van der Waals surface area contributed by atoms with Crippen LogP contribution in [0.15, 0.2) is 24.3 Å². The van der Waals surface area contributed by atoms with Gasteiger partial charge in [-0.2, -0.15) is 0 Å². The maximum absolute atomic E-state index is 12.3. The third-order valence-corrected chi connectivity index (χ3v) is 3.73. The van der Waals surface area contributed by atoms with Crippen molar-refractivity contribution in [1.82, 2.24) is 4.90 Å². The molecule has 0 aromatic heterocycles. The largest absolute Gasteiger partial charge is 0.337 e. The van der Waals surface area contributed by atoms with Crippen molar-refractivity contribution in [3.05, 3.63) is 34.9 Å². The maximum atomic E-state index is 12.3. The average molecular weight is 283 g/mol. The molecule has 1 aromatic rings. The van der Waals surface area contributed by atoms with E-state index in [1.165, 1.54) is 0 Å². The highest BCUT2D eigenvalue weighted by molar-refractivity contribution is 6.30. The first kappa shape index (κ1) is 16.0. The van der Waals surface area contributed by atoms with Crippen LogP contribution in [0.25, 0.3) is 0 Å². The highest BCUT2D eigenvalue weighted by Gasteiger charge is 2.24. The Morgan fingerprint density at radius 1 is 1.42 bits per heavy atom. The summed E-state index contributed by atoms with van der Waals surface area (Å²) in [4.78, 5) is 14.1. The molecule has 0 fully saturated rings. The number of halogens is 1. The topological polar surface area (TPSA) is 46.3 Å². The fraction of sp³-hybridized carbons (Fsp3) is 0.533. The fourth-order valence-corrected chi connectivity index (χ4v) is 2.12. The molecule has 106 valence electrons. The van der Waals surface area contributed by atoms with Crippen molar-refractivity contribution in [2.24, 2.45) is 11.7 Å². The molecule has 0 aliphatic carbocycles. The lowest BCUT2D eigenvalue weighted by molar-refractivity contribution is -0.134. The van der Waals surface area contributed by atoms with Gasteiger partial charge in [-0.15, -0.1) is 0 Å². The minimum absolute atomic E-state index is 0.0109. The van der Waals surface area contributed by atoms with E-state index in [0.29, 0.717) is 18.1 Å². The third-order valence-electron chi connectivity index (χ3n) is 3.50. The monoisotopic (exact) mass is 282 g/mol. The Bertz CT molecular complexity index is 422. The van der Waals surface area contributed by atoms with Crippen molar-refractivity contribution >= 4 is 17.5 Å². The molecule has 2 N–H and O–H groups in total. The molecule has 0 bridgehead atoms. The van der Waals surface area contributed by atoms with Crippen LogP contribution in [0.5, 0.6) is 0 Å². The molecule has 1 amide bonds. The first-order valence-electron chi connectivity index (χ1n) is 6.78. The summed E-state index contributed by atoms with van der Waals surface area (Å²) in [6, 6.07) is 7.14. The van der Waals surface area contributed by atoms with E-state index in [0.717, 1.165) is 12.0 Å². The van der Waals surface area contributed by atoms with Gasteiger partial charge in [0.15, 0.2) is 0 Å². The zero-order valence-corrected chi connectivity index (χ0v) is 12.7. The summed E-state index contributed by atoms with van der Waals surface area (Å²) < 4.78 is 0. The van der Waals surface area contributed by atoms with Gasteiger partial charge in [0.1, 0.15) is 0 Å². The van der Waals surface area contributed by atoms with Gasteiger partial charge in [-0.05, 0) is 30.5 Å². The number of nitrogens with two attached hydrogens (primary N) is 1. The highest BCUT2D eigenvalue weighted by Crippen LogP contribution is 2.15. The number of benzene rings is 1. The predicted octanol–water partition coefficient (Wildman–Crippen LogP) is 3.06. The van der Waals surface area contributed by atoms with Gasteiger partial charge in [0.05, 0.1) is 6.04 Å². The Balaban J connectivity index is 2.75. The van der Waals surface area contributed by atoms with Gasteiger partial charge in [0.2, 0.25) is 5.91 Å². The van der Waals surface area contributed by atoms with E-state index in [1.807, 2.05) is 45.0 Å². The summed E-state index contributed by atoms with van der Waals surface area (Å²) >= 11 is 5.96. The summed E-state index contributed by atoms with van der Waals surface area (Å²) in [5.74, 6) is 0.206. The van der Waals surface area contributed by atoms with Crippen LogP contribution in [-0.2, 0) is 11.3 Å². The molecular formula is C15H23ClN2O. The molecule has 0 radical (unpaired) electrons. The lowest BCUT2D eigenvalue weighted by Gasteiger charge is -2.27. The van der Waals surface area contributed by atoms with Gasteiger partial charge in [0, 0.05) is 18.1 Å². The fourth-order valence-electron chi connectivity index (χ4n) is 1.91. The molecule has 0 heterocycles. The zero-order valence-electron chi connectivity index (χ0n) is 11.9. The van der Waals surface area contributed by atoms with Crippen molar-refractivity contribution in [1.29, 1.82) is 0 Å². The Kier molecular flexibility index (Phi) is 6.32. The van der Waals surface area contributed by atoms with Crippen molar-refractivity contribution in [3.8, 4) is 0 Å². The van der Waals surface area contributed by atoms with E-state index in [2.05, 4.69) is 0 Å². The van der Waals surface area contributed by atoms with E-state index in [1.54, 1.807) is 4.90 Å². The minimum atomic E-state index is -0.427. The minimum Gasteiger partial charge on any atom is -0.337 e. The zero-order chi connectivity index (χ0) is 14.4. The molecule has 4 heteroatoms. The number of carbonyl (C=O) groups excluding carboxylic acids is 1. The van der Waals surface area contributed by atoms with Crippen molar-refractivity contribution in [2.45, 2.75) is 39.8 Å². The Morgan fingerprint density at radius 2 is 2.11 bits per heavy atom. The van der Waals surface area contributed by atoms with Crippen LogP contribution in [-0.4, -0.2) is 23.4 Å². The lowest BCUT2D eigenvalue weighted by Crippen LogP contribution is -2.46. The standard InChI is InChI=1S/C15H23ClN2O/c1-4-11(3)14(17)15(19)18(5-2)10-12-7-6-8-13(16)9-12/h6-9,11,14H,4-5,10,17H2,1-3H3/t11-,14-/m0/s1. The second kappa shape index (κ2) is 7.51. The normalized spacial score (nSPS) is 13.9. The molecule has 2 atom stereocenters. The molecule has 0 saturated heterocycles.